The van der Waals surface area contributed by atoms with Gasteiger partial charge < -0.3 is 5.11 Å². The van der Waals surface area contributed by atoms with Crippen molar-refractivity contribution >= 4 is 10.0 Å². The van der Waals surface area contributed by atoms with E-state index in [0.717, 1.165) is 12.8 Å². The van der Waals surface area contributed by atoms with E-state index in [1.165, 1.54) is 0 Å². The van der Waals surface area contributed by atoms with E-state index in [1.807, 2.05) is 13.8 Å². The zero-order valence-electron chi connectivity index (χ0n) is 10.9. The third-order valence-corrected chi connectivity index (χ3v) is 4.94. The first kappa shape index (κ1) is 15.1. The first-order valence-electron chi connectivity index (χ1n) is 6.15. The zero-order valence-corrected chi connectivity index (χ0v) is 11.7. The maximum absolute atomic E-state index is 12.0. The highest BCUT2D eigenvalue weighted by atomic mass is 32.2. The van der Waals surface area contributed by atoms with Gasteiger partial charge in [-0.3, -0.25) is 0 Å². The van der Waals surface area contributed by atoms with Crippen molar-refractivity contribution in [3.63, 3.8) is 0 Å². The summed E-state index contributed by atoms with van der Waals surface area (Å²) in [6.07, 6.45) is 1.47. The molecule has 0 fully saturated rings. The van der Waals surface area contributed by atoms with Crippen molar-refractivity contribution in [3.05, 3.63) is 30.3 Å². The first-order valence-corrected chi connectivity index (χ1v) is 7.63. The SMILES string of the molecule is CCC(CC)(CO)CNS(=O)(=O)c1ccccc1. The Morgan fingerprint density at radius 3 is 2.17 bits per heavy atom. The Morgan fingerprint density at radius 2 is 1.72 bits per heavy atom. The molecular weight excluding hydrogens is 250 g/mol. The molecular formula is C13H21NO3S. The van der Waals surface area contributed by atoms with Gasteiger partial charge in [-0.05, 0) is 25.0 Å². The third kappa shape index (κ3) is 3.54. The fourth-order valence-corrected chi connectivity index (χ4v) is 2.89. The number of aliphatic hydroxyl groups is 1. The van der Waals surface area contributed by atoms with Crippen molar-refractivity contribution in [2.45, 2.75) is 31.6 Å². The van der Waals surface area contributed by atoms with E-state index in [0.29, 0.717) is 0 Å². The summed E-state index contributed by atoms with van der Waals surface area (Å²) in [4.78, 5) is 0.254. The lowest BCUT2D eigenvalue weighted by Gasteiger charge is -2.29. The standard InChI is InChI=1S/C13H21NO3S/c1-3-13(4-2,11-15)10-14-18(16,17)12-8-6-5-7-9-12/h5-9,14-15H,3-4,10-11H2,1-2H3. The van der Waals surface area contributed by atoms with Crippen molar-refractivity contribution in [2.24, 2.45) is 5.41 Å². The summed E-state index contributed by atoms with van der Waals surface area (Å²) in [6, 6.07) is 8.26. The van der Waals surface area contributed by atoms with Gasteiger partial charge in [-0.15, -0.1) is 0 Å². The van der Waals surface area contributed by atoms with Gasteiger partial charge in [0.2, 0.25) is 10.0 Å². The third-order valence-electron chi connectivity index (χ3n) is 3.53. The van der Waals surface area contributed by atoms with Crippen LogP contribution in [0.2, 0.25) is 0 Å². The minimum atomic E-state index is -3.48. The molecule has 0 aliphatic heterocycles. The molecule has 0 unspecified atom stereocenters. The molecule has 4 nitrogen and oxygen atoms in total. The van der Waals surface area contributed by atoms with Crippen LogP contribution in [0, 0.1) is 5.41 Å². The van der Waals surface area contributed by atoms with Crippen LogP contribution in [0.1, 0.15) is 26.7 Å². The quantitative estimate of drug-likeness (QED) is 0.794. The molecule has 0 aromatic heterocycles. The zero-order chi connectivity index (χ0) is 13.6. The Bertz CT molecular complexity index is 444. The summed E-state index contributed by atoms with van der Waals surface area (Å²) < 4.78 is 26.6. The highest BCUT2D eigenvalue weighted by Crippen LogP contribution is 2.25. The van der Waals surface area contributed by atoms with E-state index in [-0.39, 0.29) is 23.5 Å². The highest BCUT2D eigenvalue weighted by Gasteiger charge is 2.27. The Kier molecular flexibility index (Phi) is 5.31. The molecule has 102 valence electrons. The van der Waals surface area contributed by atoms with E-state index in [1.54, 1.807) is 30.3 Å². The lowest BCUT2D eigenvalue weighted by Crippen LogP contribution is -2.39. The Morgan fingerprint density at radius 1 is 1.17 bits per heavy atom. The van der Waals surface area contributed by atoms with Crippen molar-refractivity contribution in [3.8, 4) is 0 Å². The molecule has 0 bridgehead atoms. The molecule has 0 amide bonds. The second-order valence-electron chi connectivity index (χ2n) is 4.50. The number of benzene rings is 1. The summed E-state index contributed by atoms with van der Waals surface area (Å²) in [6.45, 7) is 4.15. The van der Waals surface area contributed by atoms with Gasteiger partial charge in [0.1, 0.15) is 0 Å². The molecule has 5 heteroatoms. The van der Waals surface area contributed by atoms with Crippen LogP contribution in [0.25, 0.3) is 0 Å². The van der Waals surface area contributed by atoms with Gasteiger partial charge in [0.15, 0.2) is 0 Å². The summed E-state index contributed by atoms with van der Waals surface area (Å²) >= 11 is 0. The second-order valence-corrected chi connectivity index (χ2v) is 6.27. The monoisotopic (exact) mass is 271 g/mol. The lowest BCUT2D eigenvalue weighted by molar-refractivity contribution is 0.119. The average molecular weight is 271 g/mol. The molecule has 0 saturated carbocycles. The van der Waals surface area contributed by atoms with Crippen LogP contribution in [-0.4, -0.2) is 26.7 Å². The van der Waals surface area contributed by atoms with E-state index >= 15 is 0 Å². The molecule has 0 saturated heterocycles. The molecule has 0 heterocycles. The molecule has 2 N–H and O–H groups in total. The van der Waals surface area contributed by atoms with Crippen LogP contribution in [0.3, 0.4) is 0 Å². The van der Waals surface area contributed by atoms with E-state index in [4.69, 9.17) is 0 Å². The van der Waals surface area contributed by atoms with Crippen molar-refractivity contribution in [1.29, 1.82) is 0 Å². The number of aliphatic hydroxyl groups excluding tert-OH is 1. The average Bonchev–Trinajstić information content (AvgIpc) is 2.42. The van der Waals surface area contributed by atoms with Gasteiger partial charge in [-0.2, -0.15) is 0 Å². The first-order chi connectivity index (χ1) is 8.49. The minimum Gasteiger partial charge on any atom is -0.396 e. The van der Waals surface area contributed by atoms with E-state index < -0.39 is 10.0 Å². The summed E-state index contributed by atoms with van der Waals surface area (Å²) in [5.41, 5.74) is -0.373. The van der Waals surface area contributed by atoms with Crippen molar-refractivity contribution in [1.82, 2.24) is 4.72 Å². The minimum absolute atomic E-state index is 0.0166. The Hall–Kier alpha value is -0.910. The molecule has 0 radical (unpaired) electrons. The van der Waals surface area contributed by atoms with Crippen molar-refractivity contribution < 1.29 is 13.5 Å². The van der Waals surface area contributed by atoms with Crippen LogP contribution in [0.4, 0.5) is 0 Å². The van der Waals surface area contributed by atoms with Crippen LogP contribution >= 0.6 is 0 Å². The maximum atomic E-state index is 12.0. The summed E-state index contributed by atoms with van der Waals surface area (Å²) in [7, 11) is -3.48. The number of nitrogens with one attached hydrogen (secondary N) is 1. The fourth-order valence-electron chi connectivity index (χ4n) is 1.71. The number of sulfonamides is 1. The summed E-state index contributed by atoms with van der Waals surface area (Å²) in [5.74, 6) is 0. The van der Waals surface area contributed by atoms with Crippen LogP contribution < -0.4 is 4.72 Å². The van der Waals surface area contributed by atoms with Gasteiger partial charge in [-0.25, -0.2) is 13.1 Å². The Balaban J connectivity index is 2.79. The number of rotatable bonds is 7. The molecule has 0 atom stereocenters. The van der Waals surface area contributed by atoms with Gasteiger partial charge in [-0.1, -0.05) is 32.0 Å². The van der Waals surface area contributed by atoms with Crippen LogP contribution in [0.5, 0.6) is 0 Å². The van der Waals surface area contributed by atoms with E-state index in [9.17, 15) is 13.5 Å². The van der Waals surface area contributed by atoms with Gasteiger partial charge in [0.05, 0.1) is 4.90 Å². The molecule has 1 aromatic rings. The fraction of sp³-hybridized carbons (Fsp3) is 0.538. The molecule has 0 aliphatic carbocycles. The van der Waals surface area contributed by atoms with E-state index in [2.05, 4.69) is 4.72 Å². The molecule has 18 heavy (non-hydrogen) atoms. The predicted octanol–water partition coefficient (Wildman–Crippen LogP) is 1.76. The van der Waals surface area contributed by atoms with Crippen LogP contribution in [0.15, 0.2) is 35.2 Å². The molecule has 0 aliphatic rings. The molecule has 1 aromatic carbocycles. The lowest BCUT2D eigenvalue weighted by atomic mass is 9.84. The predicted molar refractivity (Wildman–Crippen MR) is 71.7 cm³/mol. The van der Waals surface area contributed by atoms with Gasteiger partial charge >= 0.3 is 0 Å². The van der Waals surface area contributed by atoms with Gasteiger partial charge in [0.25, 0.3) is 0 Å². The Labute approximate surface area is 109 Å². The molecule has 0 spiro atoms. The largest absolute Gasteiger partial charge is 0.396 e. The second kappa shape index (κ2) is 6.31. The normalized spacial score (nSPS) is 12.6. The number of hydrogen-bond acceptors (Lipinski definition) is 3. The topological polar surface area (TPSA) is 66.4 Å². The number of hydrogen-bond donors (Lipinski definition) is 2. The molecule has 1 rings (SSSR count). The summed E-state index contributed by atoms with van der Waals surface area (Å²) in [5, 5.41) is 9.41. The van der Waals surface area contributed by atoms with Gasteiger partial charge in [0, 0.05) is 18.6 Å². The van der Waals surface area contributed by atoms with Crippen LogP contribution in [-0.2, 0) is 10.0 Å². The smallest absolute Gasteiger partial charge is 0.240 e. The highest BCUT2D eigenvalue weighted by molar-refractivity contribution is 7.89. The maximum Gasteiger partial charge on any atom is 0.240 e. The van der Waals surface area contributed by atoms with Crippen molar-refractivity contribution in [2.75, 3.05) is 13.2 Å².